The quantitative estimate of drug-likeness (QED) is 0.306. The van der Waals surface area contributed by atoms with Crippen molar-refractivity contribution in [2.45, 2.75) is 0 Å². The second-order valence-electron chi connectivity index (χ2n) is 8.42. The first-order valence-electron chi connectivity index (χ1n) is 10.9. The van der Waals surface area contributed by atoms with Crippen molar-refractivity contribution in [3.63, 3.8) is 0 Å². The van der Waals surface area contributed by atoms with Crippen molar-refractivity contribution in [3.8, 4) is 0 Å². The summed E-state index contributed by atoms with van der Waals surface area (Å²) in [5.74, 6) is -0.388. The first kappa shape index (κ1) is 23.7. The van der Waals surface area contributed by atoms with Gasteiger partial charge in [-0.1, -0.05) is 30.3 Å². The van der Waals surface area contributed by atoms with Gasteiger partial charge in [-0.05, 0) is 50.0 Å². The van der Waals surface area contributed by atoms with Crippen molar-refractivity contribution < 1.29 is 14.5 Å². The molecule has 1 heterocycles. The summed E-state index contributed by atoms with van der Waals surface area (Å²) in [6.07, 6.45) is 0. The molecule has 0 atom stereocenters. The van der Waals surface area contributed by atoms with Crippen molar-refractivity contribution in [2.24, 2.45) is 0 Å². The SMILES string of the molecule is CN(C)CC(=O)N(C)c1ccc(NC(=C2C(=O)Nc3ccc([N+](=O)[O-])cc32)c2ccccc2)cc1. The van der Waals surface area contributed by atoms with Gasteiger partial charge in [0, 0.05) is 41.8 Å². The van der Waals surface area contributed by atoms with Gasteiger partial charge in [0.2, 0.25) is 5.91 Å². The van der Waals surface area contributed by atoms with Gasteiger partial charge in [0.1, 0.15) is 0 Å². The number of amides is 2. The molecule has 2 amide bonds. The third kappa shape index (κ3) is 5.04. The molecule has 2 N–H and O–H groups in total. The Balaban J connectivity index is 1.74. The second kappa shape index (κ2) is 9.78. The monoisotopic (exact) mass is 471 g/mol. The number of carbonyl (C=O) groups excluding carboxylic acids is 2. The Hall–Kier alpha value is -4.50. The predicted molar refractivity (Wildman–Crippen MR) is 137 cm³/mol. The zero-order chi connectivity index (χ0) is 25.1. The number of anilines is 3. The smallest absolute Gasteiger partial charge is 0.270 e. The van der Waals surface area contributed by atoms with E-state index in [2.05, 4.69) is 10.6 Å². The minimum atomic E-state index is -0.483. The highest BCUT2D eigenvalue weighted by atomic mass is 16.6. The van der Waals surface area contributed by atoms with Crippen molar-refractivity contribution in [3.05, 3.63) is 94.0 Å². The number of carbonyl (C=O) groups is 2. The molecule has 0 unspecified atom stereocenters. The van der Waals surface area contributed by atoms with Crippen LogP contribution in [0.3, 0.4) is 0 Å². The van der Waals surface area contributed by atoms with Crippen LogP contribution in [0.1, 0.15) is 11.1 Å². The Morgan fingerprint density at radius 2 is 1.69 bits per heavy atom. The van der Waals surface area contributed by atoms with Crippen LogP contribution in [0.25, 0.3) is 11.3 Å². The van der Waals surface area contributed by atoms with Gasteiger partial charge in [-0.2, -0.15) is 0 Å². The molecule has 0 fully saturated rings. The van der Waals surface area contributed by atoms with Crippen LogP contribution in [0.5, 0.6) is 0 Å². The molecule has 0 bridgehead atoms. The van der Waals surface area contributed by atoms with E-state index in [1.165, 1.54) is 18.2 Å². The number of fused-ring (bicyclic) bond motifs is 1. The summed E-state index contributed by atoms with van der Waals surface area (Å²) in [5, 5.41) is 17.5. The van der Waals surface area contributed by atoms with Gasteiger partial charge in [-0.25, -0.2) is 0 Å². The summed E-state index contributed by atoms with van der Waals surface area (Å²) >= 11 is 0. The van der Waals surface area contributed by atoms with E-state index >= 15 is 0 Å². The van der Waals surface area contributed by atoms with Crippen molar-refractivity contribution >= 4 is 45.8 Å². The number of nitro groups is 1. The van der Waals surface area contributed by atoms with E-state index in [9.17, 15) is 19.7 Å². The summed E-state index contributed by atoms with van der Waals surface area (Å²) in [7, 11) is 5.39. The Kier molecular flexibility index (Phi) is 6.61. The summed E-state index contributed by atoms with van der Waals surface area (Å²) < 4.78 is 0. The molecule has 3 aromatic rings. The fraction of sp³-hybridized carbons (Fsp3) is 0.154. The fourth-order valence-electron chi connectivity index (χ4n) is 3.83. The van der Waals surface area contributed by atoms with E-state index in [0.717, 1.165) is 11.3 Å². The van der Waals surface area contributed by atoms with E-state index in [1.54, 1.807) is 11.9 Å². The van der Waals surface area contributed by atoms with Crippen LogP contribution < -0.4 is 15.5 Å². The number of rotatable bonds is 7. The van der Waals surface area contributed by atoms with Gasteiger partial charge in [-0.3, -0.25) is 19.7 Å². The molecule has 0 radical (unpaired) electrons. The Labute approximate surface area is 202 Å². The summed E-state index contributed by atoms with van der Waals surface area (Å²) in [5.41, 5.74) is 3.89. The highest BCUT2D eigenvalue weighted by Gasteiger charge is 2.30. The Morgan fingerprint density at radius 3 is 2.31 bits per heavy atom. The van der Waals surface area contributed by atoms with E-state index in [0.29, 0.717) is 34.8 Å². The van der Waals surface area contributed by atoms with Gasteiger partial charge < -0.3 is 20.4 Å². The van der Waals surface area contributed by atoms with Crippen LogP contribution in [0, 0.1) is 10.1 Å². The van der Waals surface area contributed by atoms with Crippen molar-refractivity contribution in [1.82, 2.24) is 4.90 Å². The van der Waals surface area contributed by atoms with E-state index < -0.39 is 4.92 Å². The normalized spacial score (nSPS) is 13.8. The van der Waals surface area contributed by atoms with Crippen LogP contribution in [0.2, 0.25) is 0 Å². The lowest BCUT2D eigenvalue weighted by atomic mass is 9.99. The minimum Gasteiger partial charge on any atom is -0.354 e. The maximum Gasteiger partial charge on any atom is 0.270 e. The maximum atomic E-state index is 13.0. The molecule has 178 valence electrons. The van der Waals surface area contributed by atoms with Crippen LogP contribution in [0.4, 0.5) is 22.7 Å². The summed E-state index contributed by atoms with van der Waals surface area (Å²) in [6.45, 7) is 0.293. The van der Waals surface area contributed by atoms with Gasteiger partial charge in [0.15, 0.2) is 0 Å². The maximum absolute atomic E-state index is 13.0. The fourth-order valence-corrected chi connectivity index (χ4v) is 3.83. The molecular formula is C26H25N5O4. The summed E-state index contributed by atoms with van der Waals surface area (Å²) in [4.78, 5) is 39.6. The van der Waals surface area contributed by atoms with E-state index in [-0.39, 0.29) is 17.5 Å². The number of hydrogen-bond acceptors (Lipinski definition) is 6. The number of non-ortho nitro benzene ring substituents is 1. The van der Waals surface area contributed by atoms with Crippen LogP contribution in [-0.2, 0) is 9.59 Å². The molecule has 1 aliphatic heterocycles. The highest BCUT2D eigenvalue weighted by molar-refractivity contribution is 6.37. The first-order chi connectivity index (χ1) is 16.7. The molecule has 9 nitrogen and oxygen atoms in total. The number of nitrogens with zero attached hydrogens (tertiary/aromatic N) is 3. The van der Waals surface area contributed by atoms with Gasteiger partial charge >= 0.3 is 0 Å². The van der Waals surface area contributed by atoms with Gasteiger partial charge in [0.05, 0.1) is 22.7 Å². The van der Waals surface area contributed by atoms with Gasteiger partial charge in [0.25, 0.3) is 11.6 Å². The van der Waals surface area contributed by atoms with Gasteiger partial charge in [-0.15, -0.1) is 0 Å². The van der Waals surface area contributed by atoms with Crippen molar-refractivity contribution in [1.29, 1.82) is 0 Å². The largest absolute Gasteiger partial charge is 0.354 e. The predicted octanol–water partition coefficient (Wildman–Crippen LogP) is 4.05. The lowest BCUT2D eigenvalue weighted by molar-refractivity contribution is -0.384. The molecule has 0 aliphatic carbocycles. The first-order valence-corrected chi connectivity index (χ1v) is 10.9. The molecule has 0 spiro atoms. The molecular weight excluding hydrogens is 446 g/mol. The summed E-state index contributed by atoms with van der Waals surface area (Å²) in [6, 6.07) is 20.9. The average molecular weight is 472 g/mol. The molecule has 0 saturated carbocycles. The Morgan fingerprint density at radius 1 is 1.00 bits per heavy atom. The molecule has 35 heavy (non-hydrogen) atoms. The highest BCUT2D eigenvalue weighted by Crippen LogP contribution is 2.39. The van der Waals surface area contributed by atoms with E-state index in [1.807, 2.05) is 73.6 Å². The number of hydrogen-bond donors (Lipinski definition) is 2. The van der Waals surface area contributed by atoms with Crippen molar-refractivity contribution in [2.75, 3.05) is 43.2 Å². The number of likely N-dealkylation sites (N-methyl/N-ethyl adjacent to an activating group) is 2. The third-order valence-corrected chi connectivity index (χ3v) is 5.62. The lowest BCUT2D eigenvalue weighted by Gasteiger charge is -2.20. The molecule has 0 aromatic heterocycles. The Bertz CT molecular complexity index is 1320. The molecule has 9 heteroatoms. The van der Waals surface area contributed by atoms with Crippen LogP contribution in [-0.4, -0.2) is 49.3 Å². The number of nitrogens with one attached hydrogen (secondary N) is 2. The number of benzene rings is 3. The minimum absolute atomic E-state index is 0.0383. The van der Waals surface area contributed by atoms with Crippen LogP contribution >= 0.6 is 0 Å². The third-order valence-electron chi connectivity index (χ3n) is 5.62. The standard InChI is InChI=1S/C26H25N5O4/c1-29(2)16-23(32)30(3)19-11-9-18(10-12-19)27-25(17-7-5-4-6-8-17)24-21-15-20(31(34)35)13-14-22(21)28-26(24)33/h4-15,27H,16H2,1-3H3,(H,28,33). The zero-order valence-corrected chi connectivity index (χ0v) is 19.6. The molecule has 1 aliphatic rings. The molecule has 3 aromatic carbocycles. The van der Waals surface area contributed by atoms with E-state index in [4.69, 9.17) is 0 Å². The number of nitro benzene ring substituents is 1. The average Bonchev–Trinajstić information content (AvgIpc) is 3.17. The lowest BCUT2D eigenvalue weighted by Crippen LogP contribution is -2.34. The zero-order valence-electron chi connectivity index (χ0n) is 19.6. The van der Waals surface area contributed by atoms with Crippen LogP contribution in [0.15, 0.2) is 72.8 Å². The molecule has 0 saturated heterocycles. The molecule has 4 rings (SSSR count). The topological polar surface area (TPSA) is 108 Å². The second-order valence-corrected chi connectivity index (χ2v) is 8.42.